The number of hydrogen-bond acceptors (Lipinski definition) is 6. The number of halogens is 1. The quantitative estimate of drug-likeness (QED) is 0.364. The predicted molar refractivity (Wildman–Crippen MR) is 95.1 cm³/mol. The summed E-state index contributed by atoms with van der Waals surface area (Å²) in [5, 5.41) is 18.1. The first-order valence-electron chi connectivity index (χ1n) is 7.60. The second kappa shape index (κ2) is 15.8. The minimum absolute atomic E-state index is 0.562. The molecule has 0 aliphatic rings. The minimum Gasteiger partial charge on any atom is -0.490 e. The average Bonchev–Trinajstić information content (AvgIpc) is 2.58. The van der Waals surface area contributed by atoms with Crippen molar-refractivity contribution >= 4 is 27.9 Å². The van der Waals surface area contributed by atoms with Gasteiger partial charge in [-0.25, -0.2) is 9.59 Å². The zero-order chi connectivity index (χ0) is 18.9. The van der Waals surface area contributed by atoms with Gasteiger partial charge in [-0.05, 0) is 41.0 Å². The summed E-state index contributed by atoms with van der Waals surface area (Å²) in [4.78, 5) is 18.2. The largest absolute Gasteiger partial charge is 0.490 e. The number of ether oxygens (including phenoxy) is 3. The Morgan fingerprint density at radius 1 is 1.04 bits per heavy atom. The van der Waals surface area contributed by atoms with Crippen molar-refractivity contribution in [1.82, 2.24) is 5.32 Å². The molecule has 0 saturated heterocycles. The zero-order valence-corrected chi connectivity index (χ0v) is 15.7. The maximum atomic E-state index is 9.10. The van der Waals surface area contributed by atoms with Gasteiger partial charge in [-0.1, -0.05) is 12.1 Å². The van der Waals surface area contributed by atoms with Crippen LogP contribution in [0.3, 0.4) is 0 Å². The Balaban J connectivity index is 0.000000823. The minimum atomic E-state index is -1.82. The van der Waals surface area contributed by atoms with Gasteiger partial charge in [0.25, 0.3) is 0 Å². The number of hydrogen-bond donors (Lipinski definition) is 3. The van der Waals surface area contributed by atoms with Crippen molar-refractivity contribution in [3.05, 3.63) is 28.7 Å². The van der Waals surface area contributed by atoms with Crippen LogP contribution in [-0.2, 0) is 19.1 Å². The predicted octanol–water partition coefficient (Wildman–Crippen LogP) is 1.63. The highest BCUT2D eigenvalue weighted by atomic mass is 79.9. The maximum absolute atomic E-state index is 9.10. The molecule has 0 aromatic heterocycles. The Morgan fingerprint density at radius 2 is 1.72 bits per heavy atom. The van der Waals surface area contributed by atoms with Crippen LogP contribution >= 0.6 is 15.9 Å². The molecule has 0 aliphatic heterocycles. The number of carboxylic acid groups (broad SMARTS) is 2. The van der Waals surface area contributed by atoms with E-state index in [9.17, 15) is 0 Å². The topological polar surface area (TPSA) is 114 Å². The van der Waals surface area contributed by atoms with Crippen LogP contribution in [-0.4, -0.2) is 68.8 Å². The normalized spacial score (nSPS) is 9.84. The molecular formula is C16H24BrNO7. The van der Waals surface area contributed by atoms with Crippen molar-refractivity contribution in [3.63, 3.8) is 0 Å². The van der Waals surface area contributed by atoms with E-state index in [1.54, 1.807) is 7.11 Å². The fourth-order valence-electron chi connectivity index (χ4n) is 1.49. The molecule has 0 heterocycles. The zero-order valence-electron chi connectivity index (χ0n) is 14.1. The van der Waals surface area contributed by atoms with Crippen LogP contribution < -0.4 is 10.1 Å². The van der Waals surface area contributed by atoms with E-state index >= 15 is 0 Å². The third-order valence-corrected chi connectivity index (χ3v) is 3.29. The van der Waals surface area contributed by atoms with E-state index in [0.717, 1.165) is 36.3 Å². The molecule has 0 radical (unpaired) electrons. The van der Waals surface area contributed by atoms with Gasteiger partial charge >= 0.3 is 11.9 Å². The molecule has 0 aliphatic carbocycles. The van der Waals surface area contributed by atoms with E-state index in [4.69, 9.17) is 34.0 Å². The molecule has 0 atom stereocenters. The Kier molecular flexibility index (Phi) is 14.8. The average molecular weight is 422 g/mol. The van der Waals surface area contributed by atoms with Crippen molar-refractivity contribution in [3.8, 4) is 5.75 Å². The molecule has 0 amide bonds. The molecule has 3 N–H and O–H groups in total. The Labute approximate surface area is 155 Å². The SMILES string of the molecule is COCCCNCCOCCOc1ccccc1Br.O=C(O)C(=O)O. The molecule has 0 saturated carbocycles. The summed E-state index contributed by atoms with van der Waals surface area (Å²) in [5.41, 5.74) is 0. The summed E-state index contributed by atoms with van der Waals surface area (Å²) in [6.45, 7) is 4.48. The number of nitrogens with one attached hydrogen (secondary N) is 1. The van der Waals surface area contributed by atoms with Gasteiger partial charge in [0.1, 0.15) is 12.4 Å². The molecule has 0 unspecified atom stereocenters. The van der Waals surface area contributed by atoms with E-state index < -0.39 is 11.9 Å². The van der Waals surface area contributed by atoms with Gasteiger partial charge in [0.2, 0.25) is 0 Å². The second-order valence-corrected chi connectivity index (χ2v) is 5.45. The highest BCUT2D eigenvalue weighted by Crippen LogP contribution is 2.23. The molecule has 9 heteroatoms. The van der Waals surface area contributed by atoms with Gasteiger partial charge in [-0.2, -0.15) is 0 Å². The molecule has 142 valence electrons. The lowest BCUT2D eigenvalue weighted by molar-refractivity contribution is -0.159. The number of para-hydroxylation sites is 1. The molecule has 8 nitrogen and oxygen atoms in total. The number of carbonyl (C=O) groups is 2. The van der Waals surface area contributed by atoms with Crippen molar-refractivity contribution in [1.29, 1.82) is 0 Å². The van der Waals surface area contributed by atoms with Gasteiger partial charge < -0.3 is 29.7 Å². The first-order chi connectivity index (χ1) is 12.0. The number of aliphatic carboxylic acids is 2. The van der Waals surface area contributed by atoms with Gasteiger partial charge in [0.15, 0.2) is 0 Å². The van der Waals surface area contributed by atoms with Crippen LogP contribution in [0.5, 0.6) is 5.75 Å². The van der Waals surface area contributed by atoms with Crippen molar-refractivity contribution in [2.75, 3.05) is 46.6 Å². The standard InChI is InChI=1S/C14H22BrNO3.C2H2O4/c1-17-9-4-7-16-8-10-18-11-12-19-14-6-3-2-5-13(14)15;3-1(4)2(5)6/h2-3,5-6,16H,4,7-12H2,1H3;(H,3,4)(H,5,6). The van der Waals surface area contributed by atoms with Gasteiger partial charge in [0.05, 0.1) is 17.7 Å². The summed E-state index contributed by atoms with van der Waals surface area (Å²) in [5.74, 6) is -2.80. The molecule has 0 bridgehead atoms. The van der Waals surface area contributed by atoms with Crippen LogP contribution in [0.15, 0.2) is 28.7 Å². The third-order valence-electron chi connectivity index (χ3n) is 2.63. The summed E-state index contributed by atoms with van der Waals surface area (Å²) >= 11 is 3.43. The van der Waals surface area contributed by atoms with Crippen LogP contribution in [0.4, 0.5) is 0 Å². The van der Waals surface area contributed by atoms with E-state index in [1.165, 1.54) is 0 Å². The number of methoxy groups -OCH3 is 1. The van der Waals surface area contributed by atoms with Crippen molar-refractivity contribution < 1.29 is 34.0 Å². The molecule has 0 fully saturated rings. The summed E-state index contributed by atoms with van der Waals surface area (Å²) in [7, 11) is 1.72. The fourth-order valence-corrected chi connectivity index (χ4v) is 1.88. The summed E-state index contributed by atoms with van der Waals surface area (Å²) in [6, 6.07) is 7.80. The maximum Gasteiger partial charge on any atom is 0.414 e. The Bertz CT molecular complexity index is 487. The van der Waals surface area contributed by atoms with Crippen LogP contribution in [0.1, 0.15) is 6.42 Å². The van der Waals surface area contributed by atoms with E-state index in [0.29, 0.717) is 19.8 Å². The highest BCUT2D eigenvalue weighted by molar-refractivity contribution is 9.10. The van der Waals surface area contributed by atoms with E-state index in [1.807, 2.05) is 24.3 Å². The monoisotopic (exact) mass is 421 g/mol. The lowest BCUT2D eigenvalue weighted by atomic mass is 10.3. The van der Waals surface area contributed by atoms with E-state index in [2.05, 4.69) is 21.2 Å². The summed E-state index contributed by atoms with van der Waals surface area (Å²) in [6.07, 6.45) is 1.03. The van der Waals surface area contributed by atoms with Crippen molar-refractivity contribution in [2.45, 2.75) is 6.42 Å². The second-order valence-electron chi connectivity index (χ2n) is 4.60. The van der Waals surface area contributed by atoms with E-state index in [-0.39, 0.29) is 0 Å². The molecule has 25 heavy (non-hydrogen) atoms. The molecule has 1 aromatic rings. The van der Waals surface area contributed by atoms with Crippen molar-refractivity contribution in [2.24, 2.45) is 0 Å². The molecule has 1 aromatic carbocycles. The highest BCUT2D eigenvalue weighted by Gasteiger charge is 2.04. The van der Waals surface area contributed by atoms with Gasteiger partial charge in [-0.15, -0.1) is 0 Å². The number of carboxylic acids is 2. The van der Waals surface area contributed by atoms with Crippen LogP contribution in [0, 0.1) is 0 Å². The number of benzene rings is 1. The fraction of sp³-hybridized carbons (Fsp3) is 0.500. The lowest BCUT2D eigenvalue weighted by Crippen LogP contribution is -2.22. The first kappa shape index (κ1) is 23.3. The first-order valence-corrected chi connectivity index (χ1v) is 8.39. The Hall–Kier alpha value is -1.68. The Morgan fingerprint density at radius 3 is 2.32 bits per heavy atom. The van der Waals surface area contributed by atoms with Crippen LogP contribution in [0.2, 0.25) is 0 Å². The van der Waals surface area contributed by atoms with Gasteiger partial charge in [-0.3, -0.25) is 0 Å². The lowest BCUT2D eigenvalue weighted by Gasteiger charge is -2.09. The molecule has 0 spiro atoms. The van der Waals surface area contributed by atoms with Gasteiger partial charge in [0, 0.05) is 20.3 Å². The molecular weight excluding hydrogens is 398 g/mol. The third kappa shape index (κ3) is 14.4. The van der Waals surface area contributed by atoms with Crippen LogP contribution in [0.25, 0.3) is 0 Å². The molecule has 1 rings (SSSR count). The smallest absolute Gasteiger partial charge is 0.414 e. The summed E-state index contributed by atoms with van der Waals surface area (Å²) < 4.78 is 17.0. The number of rotatable bonds is 11.